The fourth-order valence-corrected chi connectivity index (χ4v) is 4.91. The van der Waals surface area contributed by atoms with E-state index >= 15 is 0 Å². The largest absolute Gasteiger partial charge is 0.490 e. The third-order valence-electron chi connectivity index (χ3n) is 5.27. The third kappa shape index (κ3) is 5.33. The maximum atomic E-state index is 12.8. The monoisotopic (exact) mass is 450 g/mol. The highest BCUT2D eigenvalue weighted by Gasteiger charge is 2.29. The Morgan fingerprint density at radius 3 is 2.23 bits per heavy atom. The van der Waals surface area contributed by atoms with Crippen LogP contribution in [-0.4, -0.2) is 44.5 Å². The number of carbonyl (C=O) groups is 1. The highest BCUT2D eigenvalue weighted by atomic mass is 35.5. The summed E-state index contributed by atoms with van der Waals surface area (Å²) >= 11 is 5.81. The highest BCUT2D eigenvalue weighted by molar-refractivity contribution is 7.89. The standard InChI is InChI=1S/C22H27ClN2O4S/c1-15-5-4-6-16(2)21(15)29-19-11-13-25(14-12-19)22(26)17(3)24-30(27,28)20-9-7-18(23)8-10-20/h4-10,17,19,24H,11-14H2,1-3H3/t17-/m0/s1. The van der Waals surface area contributed by atoms with Crippen molar-refractivity contribution in [3.05, 3.63) is 58.6 Å². The van der Waals surface area contributed by atoms with E-state index in [9.17, 15) is 13.2 Å². The Hall–Kier alpha value is -2.09. The summed E-state index contributed by atoms with van der Waals surface area (Å²) in [5, 5.41) is 0.448. The van der Waals surface area contributed by atoms with Crippen molar-refractivity contribution in [2.24, 2.45) is 0 Å². The van der Waals surface area contributed by atoms with Crippen LogP contribution in [0.15, 0.2) is 47.4 Å². The number of hydrogen-bond donors (Lipinski definition) is 1. The molecule has 0 unspecified atom stereocenters. The number of sulfonamides is 1. The van der Waals surface area contributed by atoms with Crippen LogP contribution in [0.25, 0.3) is 0 Å². The van der Waals surface area contributed by atoms with Gasteiger partial charge in [-0.15, -0.1) is 0 Å². The van der Waals surface area contributed by atoms with Gasteiger partial charge >= 0.3 is 0 Å². The summed E-state index contributed by atoms with van der Waals surface area (Å²) in [6, 6.07) is 11.0. The minimum Gasteiger partial charge on any atom is -0.490 e. The summed E-state index contributed by atoms with van der Waals surface area (Å²) in [6.07, 6.45) is 1.45. The molecule has 1 amide bonds. The zero-order valence-corrected chi connectivity index (χ0v) is 19.0. The Balaban J connectivity index is 1.56. The second-order valence-electron chi connectivity index (χ2n) is 7.66. The molecule has 1 heterocycles. The molecule has 1 N–H and O–H groups in total. The van der Waals surface area contributed by atoms with Crippen molar-refractivity contribution < 1.29 is 17.9 Å². The fourth-order valence-electron chi connectivity index (χ4n) is 3.58. The van der Waals surface area contributed by atoms with Crippen molar-refractivity contribution >= 4 is 27.5 Å². The summed E-state index contributed by atoms with van der Waals surface area (Å²) < 4.78 is 33.7. The Kier molecular flexibility index (Phi) is 7.06. The number of halogens is 1. The lowest BCUT2D eigenvalue weighted by atomic mass is 10.1. The van der Waals surface area contributed by atoms with Crippen LogP contribution in [0.5, 0.6) is 5.75 Å². The van der Waals surface area contributed by atoms with Crippen LogP contribution in [0, 0.1) is 13.8 Å². The molecule has 0 saturated carbocycles. The average Bonchev–Trinajstić information content (AvgIpc) is 2.71. The van der Waals surface area contributed by atoms with E-state index in [1.807, 2.05) is 32.0 Å². The predicted molar refractivity (Wildman–Crippen MR) is 117 cm³/mol. The second kappa shape index (κ2) is 9.37. The molecule has 1 saturated heterocycles. The summed E-state index contributed by atoms with van der Waals surface area (Å²) in [6.45, 7) is 6.67. The summed E-state index contributed by atoms with van der Waals surface area (Å²) in [5.41, 5.74) is 2.19. The van der Waals surface area contributed by atoms with Gasteiger partial charge in [0.05, 0.1) is 10.9 Å². The number of piperidine rings is 1. The summed E-state index contributed by atoms with van der Waals surface area (Å²) in [7, 11) is -3.80. The number of nitrogens with zero attached hydrogens (tertiary/aromatic N) is 1. The number of hydrogen-bond acceptors (Lipinski definition) is 4. The molecule has 0 spiro atoms. The molecule has 1 fully saturated rings. The lowest BCUT2D eigenvalue weighted by molar-refractivity contribution is -0.134. The van der Waals surface area contributed by atoms with Gasteiger partial charge in [0.15, 0.2) is 0 Å². The molecule has 6 nitrogen and oxygen atoms in total. The minimum absolute atomic E-state index is 0.0370. The van der Waals surface area contributed by atoms with Crippen molar-refractivity contribution in [1.82, 2.24) is 9.62 Å². The normalized spacial score (nSPS) is 16.3. The molecule has 1 atom stereocenters. The molecule has 0 aliphatic carbocycles. The molecule has 0 aromatic heterocycles. The van der Waals surface area contributed by atoms with Gasteiger partial charge in [-0.2, -0.15) is 4.72 Å². The van der Waals surface area contributed by atoms with E-state index < -0.39 is 16.1 Å². The number of para-hydroxylation sites is 1. The molecular formula is C22H27ClN2O4S. The quantitative estimate of drug-likeness (QED) is 0.728. The molecular weight excluding hydrogens is 424 g/mol. The van der Waals surface area contributed by atoms with E-state index in [0.29, 0.717) is 31.0 Å². The van der Waals surface area contributed by atoms with Gasteiger partial charge < -0.3 is 9.64 Å². The first kappa shape index (κ1) is 22.6. The van der Waals surface area contributed by atoms with Gasteiger partial charge in [0.1, 0.15) is 11.9 Å². The fraction of sp³-hybridized carbons (Fsp3) is 0.409. The van der Waals surface area contributed by atoms with E-state index in [-0.39, 0.29) is 16.9 Å². The van der Waals surface area contributed by atoms with Gasteiger partial charge in [0, 0.05) is 31.0 Å². The smallest absolute Gasteiger partial charge is 0.241 e. The van der Waals surface area contributed by atoms with E-state index in [0.717, 1.165) is 16.9 Å². The maximum absolute atomic E-state index is 12.8. The molecule has 30 heavy (non-hydrogen) atoms. The first-order chi connectivity index (χ1) is 14.2. The van der Waals surface area contributed by atoms with Crippen LogP contribution in [-0.2, 0) is 14.8 Å². The lowest BCUT2D eigenvalue weighted by Crippen LogP contribution is -2.50. The van der Waals surface area contributed by atoms with E-state index in [1.165, 1.54) is 24.3 Å². The summed E-state index contributed by atoms with van der Waals surface area (Å²) in [4.78, 5) is 14.5. The second-order valence-corrected chi connectivity index (χ2v) is 9.81. The first-order valence-corrected chi connectivity index (χ1v) is 11.8. The van der Waals surface area contributed by atoms with Crippen LogP contribution >= 0.6 is 11.6 Å². The zero-order valence-electron chi connectivity index (χ0n) is 17.4. The molecule has 1 aliphatic heterocycles. The van der Waals surface area contributed by atoms with Crippen LogP contribution in [0.1, 0.15) is 30.9 Å². The van der Waals surface area contributed by atoms with Gasteiger partial charge in [0.2, 0.25) is 15.9 Å². The molecule has 3 rings (SSSR count). The highest BCUT2D eigenvalue weighted by Crippen LogP contribution is 2.26. The van der Waals surface area contributed by atoms with Gasteiger partial charge in [-0.3, -0.25) is 4.79 Å². The molecule has 162 valence electrons. The maximum Gasteiger partial charge on any atom is 0.241 e. The van der Waals surface area contributed by atoms with Gasteiger partial charge in [0.25, 0.3) is 0 Å². The van der Waals surface area contributed by atoms with Crippen LogP contribution in [0.4, 0.5) is 0 Å². The van der Waals surface area contributed by atoms with E-state index in [2.05, 4.69) is 4.72 Å². The van der Waals surface area contributed by atoms with Crippen molar-refractivity contribution in [3.8, 4) is 5.75 Å². The number of benzene rings is 2. The molecule has 2 aromatic carbocycles. The van der Waals surface area contributed by atoms with E-state index in [1.54, 1.807) is 11.8 Å². The topological polar surface area (TPSA) is 75.7 Å². The number of nitrogens with one attached hydrogen (secondary N) is 1. The number of likely N-dealkylation sites (tertiary alicyclic amines) is 1. The number of rotatable bonds is 6. The SMILES string of the molecule is Cc1cccc(C)c1OC1CCN(C(=O)[C@H](C)NS(=O)(=O)c2ccc(Cl)cc2)CC1. The molecule has 2 aromatic rings. The Labute approximate surface area is 183 Å². The Bertz CT molecular complexity index is 980. The summed E-state index contributed by atoms with van der Waals surface area (Å²) in [5.74, 6) is 0.671. The van der Waals surface area contributed by atoms with Gasteiger partial charge in [-0.25, -0.2) is 8.42 Å². The molecule has 0 bridgehead atoms. The number of aryl methyl sites for hydroxylation is 2. The van der Waals surface area contributed by atoms with Crippen LogP contribution in [0.3, 0.4) is 0 Å². The van der Waals surface area contributed by atoms with E-state index in [4.69, 9.17) is 16.3 Å². The van der Waals surface area contributed by atoms with Gasteiger partial charge in [-0.05, 0) is 56.2 Å². The Morgan fingerprint density at radius 2 is 1.67 bits per heavy atom. The molecule has 0 radical (unpaired) electrons. The Morgan fingerprint density at radius 1 is 1.10 bits per heavy atom. The lowest BCUT2D eigenvalue weighted by Gasteiger charge is -2.34. The average molecular weight is 451 g/mol. The zero-order chi connectivity index (χ0) is 21.9. The first-order valence-electron chi connectivity index (χ1n) is 9.97. The third-order valence-corrected chi connectivity index (χ3v) is 7.08. The van der Waals surface area contributed by atoms with Crippen molar-refractivity contribution in [3.63, 3.8) is 0 Å². The molecule has 1 aliphatic rings. The minimum atomic E-state index is -3.80. The number of ether oxygens (including phenoxy) is 1. The van der Waals surface area contributed by atoms with Crippen molar-refractivity contribution in [1.29, 1.82) is 0 Å². The predicted octanol–water partition coefficient (Wildman–Crippen LogP) is 3.69. The van der Waals surface area contributed by atoms with Crippen LogP contribution < -0.4 is 9.46 Å². The number of carbonyl (C=O) groups excluding carboxylic acids is 1. The van der Waals surface area contributed by atoms with Crippen molar-refractivity contribution in [2.75, 3.05) is 13.1 Å². The number of amides is 1. The van der Waals surface area contributed by atoms with Gasteiger partial charge in [-0.1, -0.05) is 29.8 Å². The molecule has 8 heteroatoms. The van der Waals surface area contributed by atoms with Crippen molar-refractivity contribution in [2.45, 2.75) is 50.7 Å². The van der Waals surface area contributed by atoms with Crippen LogP contribution in [0.2, 0.25) is 5.02 Å².